The van der Waals surface area contributed by atoms with Gasteiger partial charge in [-0.15, -0.1) is 5.10 Å². The summed E-state index contributed by atoms with van der Waals surface area (Å²) in [5.41, 5.74) is 8.88. The van der Waals surface area contributed by atoms with Gasteiger partial charge >= 0.3 is 0 Å². The number of rotatable bonds is 7. The van der Waals surface area contributed by atoms with E-state index in [4.69, 9.17) is 26.5 Å². The maximum absolute atomic E-state index is 12.7. The fourth-order valence-corrected chi connectivity index (χ4v) is 3.45. The van der Waals surface area contributed by atoms with Gasteiger partial charge in [-0.25, -0.2) is 9.67 Å². The van der Waals surface area contributed by atoms with E-state index in [2.05, 4.69) is 20.6 Å². The number of carbonyl (C=O) groups excluding carboxylic acids is 1. The summed E-state index contributed by atoms with van der Waals surface area (Å²) in [7, 11) is 0. The number of nitrogens with one attached hydrogen (secondary N) is 1. The van der Waals surface area contributed by atoms with E-state index in [1.54, 1.807) is 25.1 Å². The average Bonchev–Trinajstić information content (AvgIpc) is 3.35. The third-order valence-corrected chi connectivity index (χ3v) is 5.52. The van der Waals surface area contributed by atoms with E-state index in [1.807, 2.05) is 38.1 Å². The first kappa shape index (κ1) is 22.3. The van der Waals surface area contributed by atoms with Gasteiger partial charge < -0.3 is 20.2 Å². The zero-order valence-electron chi connectivity index (χ0n) is 18.4. The molecule has 170 valence electrons. The third-order valence-electron chi connectivity index (χ3n) is 5.11. The van der Waals surface area contributed by atoms with Crippen molar-refractivity contribution in [1.82, 2.24) is 20.0 Å². The lowest BCUT2D eigenvalue weighted by atomic mass is 10.2. The minimum atomic E-state index is -0.479. The molecule has 2 aromatic carbocycles. The number of aryl methyl sites for hydroxylation is 1. The van der Waals surface area contributed by atoms with Crippen molar-refractivity contribution in [3.63, 3.8) is 0 Å². The van der Waals surface area contributed by atoms with Gasteiger partial charge in [0.2, 0.25) is 5.89 Å². The van der Waals surface area contributed by atoms with E-state index in [9.17, 15) is 4.79 Å². The van der Waals surface area contributed by atoms with E-state index < -0.39 is 5.91 Å². The Bertz CT molecular complexity index is 1310. The van der Waals surface area contributed by atoms with E-state index in [0.29, 0.717) is 40.4 Å². The van der Waals surface area contributed by atoms with E-state index in [-0.39, 0.29) is 18.1 Å². The summed E-state index contributed by atoms with van der Waals surface area (Å²) in [4.78, 5) is 17.3. The first-order chi connectivity index (χ1) is 15.9. The van der Waals surface area contributed by atoms with Gasteiger partial charge in [-0.1, -0.05) is 35.0 Å². The number of hydrogen-bond donors (Lipinski definition) is 2. The standard InChI is InChI=1S/C23H23ClN6O3/c1-4-32-19-11-6-5-8-15(19)23-27-18(14(3)33-23)12-30-21(25)20(28-29-30)22(31)26-17-10-7-9-16(24)13(17)2/h5-11H,4,12,25H2,1-3H3,(H,26,31). The predicted octanol–water partition coefficient (Wildman–Crippen LogP) is 4.48. The summed E-state index contributed by atoms with van der Waals surface area (Å²) < 4.78 is 12.9. The van der Waals surface area contributed by atoms with Crippen LogP contribution in [0.25, 0.3) is 11.5 Å². The first-order valence-corrected chi connectivity index (χ1v) is 10.7. The summed E-state index contributed by atoms with van der Waals surface area (Å²) in [6.45, 7) is 6.25. The number of nitrogens with two attached hydrogens (primary N) is 1. The molecular formula is C23H23ClN6O3. The van der Waals surface area contributed by atoms with Crippen molar-refractivity contribution in [3.05, 3.63) is 70.2 Å². The molecule has 33 heavy (non-hydrogen) atoms. The minimum Gasteiger partial charge on any atom is -0.493 e. The molecule has 0 radical (unpaired) electrons. The highest BCUT2D eigenvalue weighted by Crippen LogP contribution is 2.31. The summed E-state index contributed by atoms with van der Waals surface area (Å²) in [5, 5.41) is 11.3. The number of halogens is 1. The maximum atomic E-state index is 12.7. The smallest absolute Gasteiger partial charge is 0.280 e. The Morgan fingerprint density at radius 2 is 2.00 bits per heavy atom. The molecule has 0 atom stereocenters. The fourth-order valence-electron chi connectivity index (χ4n) is 3.28. The quantitative estimate of drug-likeness (QED) is 0.411. The van der Waals surface area contributed by atoms with Crippen molar-refractivity contribution in [2.45, 2.75) is 27.3 Å². The Kier molecular flexibility index (Phi) is 6.32. The Morgan fingerprint density at radius 1 is 1.21 bits per heavy atom. The van der Waals surface area contributed by atoms with Gasteiger partial charge in [-0.3, -0.25) is 4.79 Å². The van der Waals surface area contributed by atoms with Gasteiger partial charge in [-0.2, -0.15) is 0 Å². The highest BCUT2D eigenvalue weighted by Gasteiger charge is 2.21. The largest absolute Gasteiger partial charge is 0.493 e. The van der Waals surface area contributed by atoms with Gasteiger partial charge in [0.05, 0.1) is 18.7 Å². The minimum absolute atomic E-state index is 0.0115. The SMILES string of the molecule is CCOc1ccccc1-c1nc(Cn2nnc(C(=O)Nc3cccc(Cl)c3C)c2N)c(C)o1. The summed E-state index contributed by atoms with van der Waals surface area (Å²) in [6.07, 6.45) is 0. The van der Waals surface area contributed by atoms with Crippen LogP contribution in [0.2, 0.25) is 5.02 Å². The van der Waals surface area contributed by atoms with Crippen molar-refractivity contribution in [2.24, 2.45) is 0 Å². The molecule has 4 aromatic rings. The lowest BCUT2D eigenvalue weighted by molar-refractivity contribution is 0.102. The van der Waals surface area contributed by atoms with Crippen LogP contribution < -0.4 is 15.8 Å². The normalized spacial score (nSPS) is 10.9. The molecule has 2 heterocycles. The number of aromatic nitrogens is 4. The van der Waals surface area contributed by atoms with Gasteiger partial charge in [0.25, 0.3) is 5.91 Å². The van der Waals surface area contributed by atoms with E-state index in [1.165, 1.54) is 4.68 Å². The van der Waals surface area contributed by atoms with Crippen molar-refractivity contribution in [1.29, 1.82) is 0 Å². The molecule has 0 aliphatic heterocycles. The average molecular weight is 467 g/mol. The molecular weight excluding hydrogens is 444 g/mol. The van der Waals surface area contributed by atoms with Crippen LogP contribution in [-0.2, 0) is 6.54 Å². The Morgan fingerprint density at radius 3 is 2.79 bits per heavy atom. The molecule has 0 saturated carbocycles. The monoisotopic (exact) mass is 466 g/mol. The van der Waals surface area contributed by atoms with Crippen LogP contribution in [0, 0.1) is 13.8 Å². The number of nitrogens with zero attached hydrogens (tertiary/aromatic N) is 4. The van der Waals surface area contributed by atoms with Crippen LogP contribution >= 0.6 is 11.6 Å². The Balaban J connectivity index is 1.56. The molecule has 2 aromatic heterocycles. The molecule has 10 heteroatoms. The Labute approximate surface area is 195 Å². The number of nitrogen functional groups attached to an aromatic ring is 1. The van der Waals surface area contributed by atoms with Gasteiger partial charge in [0.15, 0.2) is 11.5 Å². The van der Waals surface area contributed by atoms with Crippen molar-refractivity contribution in [3.8, 4) is 17.2 Å². The molecule has 3 N–H and O–H groups in total. The molecule has 0 aliphatic carbocycles. The molecule has 4 rings (SSSR count). The van der Waals surface area contributed by atoms with E-state index in [0.717, 1.165) is 11.1 Å². The second-order valence-corrected chi connectivity index (χ2v) is 7.71. The summed E-state index contributed by atoms with van der Waals surface area (Å²) >= 11 is 6.13. The van der Waals surface area contributed by atoms with Crippen LogP contribution in [0.15, 0.2) is 46.9 Å². The number of para-hydroxylation sites is 1. The second-order valence-electron chi connectivity index (χ2n) is 7.30. The van der Waals surface area contributed by atoms with Crippen LogP contribution in [-0.4, -0.2) is 32.5 Å². The molecule has 0 saturated heterocycles. The second kappa shape index (κ2) is 9.33. The molecule has 0 fully saturated rings. The number of ether oxygens (including phenoxy) is 1. The lowest BCUT2D eigenvalue weighted by Gasteiger charge is -2.08. The molecule has 1 amide bonds. The van der Waals surface area contributed by atoms with Crippen molar-refractivity contribution >= 4 is 29.0 Å². The number of hydrogen-bond acceptors (Lipinski definition) is 7. The fraction of sp³-hybridized carbons (Fsp3) is 0.217. The molecule has 9 nitrogen and oxygen atoms in total. The summed E-state index contributed by atoms with van der Waals surface area (Å²) in [5.74, 6) is 1.35. The predicted molar refractivity (Wildman–Crippen MR) is 126 cm³/mol. The lowest BCUT2D eigenvalue weighted by Crippen LogP contribution is -2.16. The van der Waals surface area contributed by atoms with E-state index >= 15 is 0 Å². The topological polar surface area (TPSA) is 121 Å². The molecule has 0 spiro atoms. The Hall–Kier alpha value is -3.85. The van der Waals surface area contributed by atoms with Crippen LogP contribution in [0.1, 0.15) is 34.4 Å². The number of oxazole rings is 1. The van der Waals surface area contributed by atoms with Crippen LogP contribution in [0.3, 0.4) is 0 Å². The third kappa shape index (κ3) is 4.54. The number of anilines is 2. The summed E-state index contributed by atoms with van der Waals surface area (Å²) in [6, 6.07) is 12.8. The van der Waals surface area contributed by atoms with Crippen molar-refractivity contribution in [2.75, 3.05) is 17.7 Å². The van der Waals surface area contributed by atoms with Gasteiger partial charge in [-0.05, 0) is 50.6 Å². The van der Waals surface area contributed by atoms with Gasteiger partial charge in [0, 0.05) is 10.7 Å². The van der Waals surface area contributed by atoms with Gasteiger partial charge in [0.1, 0.15) is 17.2 Å². The highest BCUT2D eigenvalue weighted by atomic mass is 35.5. The zero-order chi connectivity index (χ0) is 23.5. The van der Waals surface area contributed by atoms with Crippen LogP contribution in [0.4, 0.5) is 11.5 Å². The molecule has 0 unspecified atom stereocenters. The number of carbonyl (C=O) groups is 1. The number of benzene rings is 2. The highest BCUT2D eigenvalue weighted by molar-refractivity contribution is 6.31. The number of amides is 1. The maximum Gasteiger partial charge on any atom is 0.280 e. The van der Waals surface area contributed by atoms with Crippen LogP contribution in [0.5, 0.6) is 5.75 Å². The van der Waals surface area contributed by atoms with Crippen molar-refractivity contribution < 1.29 is 13.9 Å². The molecule has 0 aliphatic rings. The zero-order valence-corrected chi connectivity index (χ0v) is 19.2. The molecule has 0 bridgehead atoms. The first-order valence-electron chi connectivity index (χ1n) is 10.3.